The molecule has 0 aromatic carbocycles. The van der Waals surface area contributed by atoms with Crippen molar-refractivity contribution in [2.75, 3.05) is 13.2 Å². The van der Waals surface area contributed by atoms with Crippen molar-refractivity contribution in [3.8, 4) is 0 Å². The van der Waals surface area contributed by atoms with Crippen molar-refractivity contribution in [2.24, 2.45) is 0 Å². The molecule has 0 aromatic heterocycles. The fraction of sp³-hybridized carbons (Fsp3) is 0.632. The highest BCUT2D eigenvalue weighted by atomic mass is 16.6. The van der Waals surface area contributed by atoms with Crippen molar-refractivity contribution in [1.82, 2.24) is 0 Å². The first-order chi connectivity index (χ1) is 31.0. The van der Waals surface area contributed by atoms with Gasteiger partial charge >= 0.3 is 17.9 Å². The van der Waals surface area contributed by atoms with E-state index in [2.05, 4.69) is 130 Å². The highest BCUT2D eigenvalue weighted by molar-refractivity contribution is 5.71. The van der Waals surface area contributed by atoms with Gasteiger partial charge in [0.15, 0.2) is 6.10 Å². The van der Waals surface area contributed by atoms with Crippen LogP contribution in [0.2, 0.25) is 0 Å². The van der Waals surface area contributed by atoms with Crippen LogP contribution in [0.15, 0.2) is 109 Å². The Balaban J connectivity index is 4.60. The summed E-state index contributed by atoms with van der Waals surface area (Å²) in [6, 6.07) is 0. The van der Waals surface area contributed by atoms with Crippen molar-refractivity contribution < 1.29 is 28.6 Å². The van der Waals surface area contributed by atoms with Gasteiger partial charge in [0.2, 0.25) is 0 Å². The highest BCUT2D eigenvalue weighted by Crippen LogP contribution is 2.10. The van der Waals surface area contributed by atoms with Crippen molar-refractivity contribution >= 4 is 17.9 Å². The topological polar surface area (TPSA) is 78.9 Å². The first kappa shape index (κ1) is 59.1. The largest absolute Gasteiger partial charge is 0.462 e. The Hall–Kier alpha value is -3.93. The summed E-state index contributed by atoms with van der Waals surface area (Å²) in [5, 5.41) is 0. The molecular weight excluding hydrogens is 781 g/mol. The van der Waals surface area contributed by atoms with Gasteiger partial charge in [0.25, 0.3) is 0 Å². The lowest BCUT2D eigenvalue weighted by Gasteiger charge is -2.18. The maximum Gasteiger partial charge on any atom is 0.306 e. The Morgan fingerprint density at radius 1 is 0.317 bits per heavy atom. The summed E-state index contributed by atoms with van der Waals surface area (Å²) in [7, 11) is 0. The molecule has 0 saturated carbocycles. The standard InChI is InChI=1S/C57H92O6/c1-4-7-10-13-16-19-22-25-28-31-34-37-40-43-46-49-55(58)61-52-54(63-57(60)51-48-45-42-39-36-33-30-27-24-21-18-15-12-9-6-3)53-62-56(59)50-47-44-41-38-35-32-29-26-23-20-17-14-11-8-5-2/h16-21,25-30,34-39,54H,4-15,22-24,31-33,40-53H2,1-3H3. The van der Waals surface area contributed by atoms with Crippen LogP contribution >= 0.6 is 0 Å². The number of allylic oxidation sites excluding steroid dienone is 18. The molecule has 0 spiro atoms. The van der Waals surface area contributed by atoms with Crippen LogP contribution in [0, 0.1) is 0 Å². The molecule has 6 nitrogen and oxygen atoms in total. The minimum Gasteiger partial charge on any atom is -0.462 e. The fourth-order valence-corrected chi connectivity index (χ4v) is 6.34. The van der Waals surface area contributed by atoms with Gasteiger partial charge in [-0.15, -0.1) is 0 Å². The molecule has 0 radical (unpaired) electrons. The molecule has 0 amide bonds. The SMILES string of the molecule is CCCCCC=CCC=CCC=CCCCCC(=O)OCC(COC(=O)CCCCC=CCC=CCC=CCCCCC)OC(=O)CCCCC=CCC=CCC=CCCCCC. The number of hydrogen-bond acceptors (Lipinski definition) is 6. The Morgan fingerprint density at radius 2 is 0.556 bits per heavy atom. The monoisotopic (exact) mass is 873 g/mol. The normalized spacial score (nSPS) is 13.0. The quantitative estimate of drug-likeness (QED) is 0.0263. The molecule has 0 aliphatic carbocycles. The van der Waals surface area contributed by atoms with Gasteiger partial charge in [-0.05, 0) is 135 Å². The van der Waals surface area contributed by atoms with E-state index in [-0.39, 0.29) is 37.5 Å². The zero-order valence-corrected chi connectivity index (χ0v) is 40.5. The van der Waals surface area contributed by atoms with Gasteiger partial charge in [-0.1, -0.05) is 169 Å². The maximum absolute atomic E-state index is 12.8. The molecule has 0 rings (SSSR count). The number of carbonyl (C=O) groups is 3. The van der Waals surface area contributed by atoms with Crippen LogP contribution in [0.25, 0.3) is 0 Å². The molecule has 0 N–H and O–H groups in total. The lowest BCUT2D eigenvalue weighted by molar-refractivity contribution is -0.167. The summed E-state index contributed by atoms with van der Waals surface area (Å²) in [6.07, 6.45) is 67.9. The summed E-state index contributed by atoms with van der Waals surface area (Å²) in [6.45, 7) is 6.43. The number of esters is 3. The predicted octanol–water partition coefficient (Wildman–Crippen LogP) is 16.8. The maximum atomic E-state index is 12.8. The molecule has 63 heavy (non-hydrogen) atoms. The van der Waals surface area contributed by atoms with E-state index in [0.29, 0.717) is 32.1 Å². The summed E-state index contributed by atoms with van der Waals surface area (Å²) in [5.41, 5.74) is 0. The second kappa shape index (κ2) is 50.7. The molecular formula is C57H92O6. The number of rotatable bonds is 44. The van der Waals surface area contributed by atoms with Gasteiger partial charge in [0, 0.05) is 19.3 Å². The minimum atomic E-state index is -0.830. The number of carbonyl (C=O) groups excluding carboxylic acids is 3. The molecule has 0 aromatic rings. The van der Waals surface area contributed by atoms with E-state index in [1.165, 1.54) is 77.0 Å². The zero-order chi connectivity index (χ0) is 45.8. The lowest BCUT2D eigenvalue weighted by atomic mass is 10.1. The van der Waals surface area contributed by atoms with Crippen molar-refractivity contribution in [3.63, 3.8) is 0 Å². The smallest absolute Gasteiger partial charge is 0.306 e. The van der Waals surface area contributed by atoms with Gasteiger partial charge in [0.05, 0.1) is 0 Å². The van der Waals surface area contributed by atoms with Crippen LogP contribution in [0.4, 0.5) is 0 Å². The third kappa shape index (κ3) is 49.0. The number of ether oxygens (including phenoxy) is 3. The van der Waals surface area contributed by atoms with E-state index in [1.807, 2.05) is 0 Å². The predicted molar refractivity (Wildman–Crippen MR) is 270 cm³/mol. The first-order valence-electron chi connectivity index (χ1n) is 25.4. The van der Waals surface area contributed by atoms with E-state index < -0.39 is 6.10 Å². The summed E-state index contributed by atoms with van der Waals surface area (Å²) >= 11 is 0. The van der Waals surface area contributed by atoms with E-state index in [9.17, 15) is 14.4 Å². The second-order valence-corrected chi connectivity index (χ2v) is 16.4. The third-order valence-corrected chi connectivity index (χ3v) is 10.2. The highest BCUT2D eigenvalue weighted by Gasteiger charge is 2.19. The van der Waals surface area contributed by atoms with E-state index in [1.54, 1.807) is 0 Å². The van der Waals surface area contributed by atoms with E-state index in [0.717, 1.165) is 77.0 Å². The van der Waals surface area contributed by atoms with Crippen molar-refractivity contribution in [2.45, 2.75) is 219 Å². The Morgan fingerprint density at radius 3 is 0.825 bits per heavy atom. The van der Waals surface area contributed by atoms with E-state index >= 15 is 0 Å². The Labute approximate surface area is 387 Å². The molecule has 0 saturated heterocycles. The van der Waals surface area contributed by atoms with Crippen LogP contribution in [0.5, 0.6) is 0 Å². The molecule has 0 unspecified atom stereocenters. The summed E-state index contributed by atoms with van der Waals surface area (Å²) in [4.78, 5) is 37.9. The molecule has 0 aliphatic heterocycles. The second-order valence-electron chi connectivity index (χ2n) is 16.4. The molecule has 0 fully saturated rings. The minimum absolute atomic E-state index is 0.128. The zero-order valence-electron chi connectivity index (χ0n) is 40.5. The average molecular weight is 873 g/mol. The van der Waals surface area contributed by atoms with Crippen LogP contribution < -0.4 is 0 Å². The van der Waals surface area contributed by atoms with Gasteiger partial charge in [-0.25, -0.2) is 0 Å². The van der Waals surface area contributed by atoms with Crippen LogP contribution in [-0.2, 0) is 28.6 Å². The third-order valence-electron chi connectivity index (χ3n) is 10.2. The Kier molecular flexibility index (Phi) is 47.5. The van der Waals surface area contributed by atoms with E-state index in [4.69, 9.17) is 14.2 Å². The molecule has 0 aliphatic rings. The lowest BCUT2D eigenvalue weighted by Crippen LogP contribution is -2.30. The van der Waals surface area contributed by atoms with Crippen LogP contribution in [-0.4, -0.2) is 37.2 Å². The molecule has 0 atom stereocenters. The summed E-state index contributed by atoms with van der Waals surface area (Å²) < 4.78 is 16.7. The first-order valence-corrected chi connectivity index (χ1v) is 25.4. The molecule has 6 heteroatoms. The van der Waals surface area contributed by atoms with Gasteiger partial charge in [0.1, 0.15) is 13.2 Å². The molecule has 0 bridgehead atoms. The fourth-order valence-electron chi connectivity index (χ4n) is 6.34. The Bertz CT molecular complexity index is 1260. The van der Waals surface area contributed by atoms with Crippen molar-refractivity contribution in [3.05, 3.63) is 109 Å². The number of unbranched alkanes of at least 4 members (excludes halogenated alkanes) is 15. The van der Waals surface area contributed by atoms with Crippen LogP contribution in [0.1, 0.15) is 213 Å². The van der Waals surface area contributed by atoms with Gasteiger partial charge in [-0.3, -0.25) is 14.4 Å². The number of hydrogen-bond donors (Lipinski definition) is 0. The van der Waals surface area contributed by atoms with Gasteiger partial charge < -0.3 is 14.2 Å². The van der Waals surface area contributed by atoms with Crippen LogP contribution in [0.3, 0.4) is 0 Å². The molecule has 0 heterocycles. The molecule has 356 valence electrons. The average Bonchev–Trinajstić information content (AvgIpc) is 3.28. The van der Waals surface area contributed by atoms with Gasteiger partial charge in [-0.2, -0.15) is 0 Å². The summed E-state index contributed by atoms with van der Waals surface area (Å²) in [5.74, 6) is -1.05. The van der Waals surface area contributed by atoms with Crippen molar-refractivity contribution in [1.29, 1.82) is 0 Å².